The van der Waals surface area contributed by atoms with E-state index in [-0.39, 0.29) is 44.6 Å². The fourth-order valence-corrected chi connectivity index (χ4v) is 1.10. The number of nitrogens with zero attached hydrogens (tertiary/aromatic N) is 1. The molecule has 0 aliphatic carbocycles. The number of carboxylic acids is 1. The first-order valence-corrected chi connectivity index (χ1v) is 5.61. The van der Waals surface area contributed by atoms with Crippen molar-refractivity contribution in [2.75, 3.05) is 5.32 Å². The van der Waals surface area contributed by atoms with Gasteiger partial charge in [0.05, 0.1) is 17.0 Å². The summed E-state index contributed by atoms with van der Waals surface area (Å²) in [5.41, 5.74) is 0. The number of aliphatic carboxylic acids is 1. The second-order valence-corrected chi connectivity index (χ2v) is 4.00. The minimum atomic E-state index is -1.08. The van der Waals surface area contributed by atoms with E-state index < -0.39 is 11.9 Å². The number of hydrogen-bond donors (Lipinski definition) is 2. The Labute approximate surface area is 148 Å². The monoisotopic (exact) mass is 375 g/mol. The number of carbonyl (C=O) groups is 2. The summed E-state index contributed by atoms with van der Waals surface area (Å²) < 4.78 is 5.35. The summed E-state index contributed by atoms with van der Waals surface area (Å²) in [6.07, 6.45) is 0.0157. The van der Waals surface area contributed by atoms with Gasteiger partial charge in [-0.1, -0.05) is 11.6 Å². The van der Waals surface area contributed by atoms with Crippen molar-refractivity contribution >= 4 is 29.3 Å². The Kier molecular flexibility index (Phi) is 11.5. The Morgan fingerprint density at radius 3 is 2.30 bits per heavy atom. The van der Waals surface area contributed by atoms with Gasteiger partial charge in [-0.3, -0.25) is 11.7 Å². The second-order valence-electron chi connectivity index (χ2n) is 3.59. The molecule has 0 atom stereocenters. The van der Waals surface area contributed by atoms with Crippen molar-refractivity contribution in [2.45, 2.75) is 20.0 Å². The molecule has 20 heavy (non-hydrogen) atoms. The van der Waals surface area contributed by atoms with Gasteiger partial charge in [-0.05, 0) is 19.9 Å². The molecule has 6 nitrogen and oxygen atoms in total. The molecule has 1 heterocycles. The average Bonchev–Trinajstić information content (AvgIpc) is 2.20. The van der Waals surface area contributed by atoms with E-state index in [1.54, 1.807) is 12.1 Å². The van der Waals surface area contributed by atoms with Gasteiger partial charge in [0.1, 0.15) is 0 Å². The van der Waals surface area contributed by atoms with Crippen LogP contribution in [-0.2, 0) is 42.3 Å². The van der Waals surface area contributed by atoms with E-state index in [2.05, 4.69) is 24.1 Å². The summed E-state index contributed by atoms with van der Waals surface area (Å²) in [5, 5.41) is 10.1. The van der Waals surface area contributed by atoms with Crippen molar-refractivity contribution in [1.82, 2.24) is 4.98 Å². The summed E-state index contributed by atoms with van der Waals surface area (Å²) in [4.78, 5) is 23.7. The number of halogens is 1. The first-order valence-electron chi connectivity index (χ1n) is 5.23. The van der Waals surface area contributed by atoms with Crippen LogP contribution in [0.25, 0.3) is 0 Å². The Hall–Kier alpha value is -0.976. The topological polar surface area (TPSA) is 88.5 Å². The third-order valence-electron chi connectivity index (χ3n) is 1.43. The number of carboxylic acid groups (broad SMARTS) is 1. The SMILES string of the molecule is [CH2-]C(=O)Nc1nc(OC(C)C)ccc1Cl.[CH2-]C(=O)O.[Y]. The minimum Gasteiger partial charge on any atom is -0.503 e. The predicted molar refractivity (Wildman–Crippen MR) is 72.0 cm³/mol. The summed E-state index contributed by atoms with van der Waals surface area (Å²) in [5.74, 6) is -0.876. The molecule has 0 aliphatic heterocycles. The summed E-state index contributed by atoms with van der Waals surface area (Å²) in [6.45, 7) is 9.50. The van der Waals surface area contributed by atoms with Crippen LogP contribution in [0.15, 0.2) is 12.1 Å². The van der Waals surface area contributed by atoms with Crippen molar-refractivity contribution in [3.8, 4) is 5.88 Å². The van der Waals surface area contributed by atoms with Crippen LogP contribution in [0.2, 0.25) is 5.02 Å². The van der Waals surface area contributed by atoms with Crippen molar-refractivity contribution in [2.24, 2.45) is 0 Å². The summed E-state index contributed by atoms with van der Waals surface area (Å²) >= 11 is 5.82. The summed E-state index contributed by atoms with van der Waals surface area (Å²) in [6, 6.07) is 3.25. The Bertz CT molecular complexity index is 451. The molecule has 8 heteroatoms. The van der Waals surface area contributed by atoms with E-state index in [0.717, 1.165) is 0 Å². The van der Waals surface area contributed by atoms with Gasteiger partial charge in [-0.15, -0.1) is 0 Å². The van der Waals surface area contributed by atoms with E-state index in [9.17, 15) is 4.79 Å². The molecular formula is C12H15ClN2O4Y-2. The normalized spacial score (nSPS) is 8.80. The fraction of sp³-hybridized carbons (Fsp3) is 0.250. The van der Waals surface area contributed by atoms with Crippen LogP contribution in [-0.4, -0.2) is 28.1 Å². The number of aromatic nitrogens is 1. The molecule has 0 saturated heterocycles. The van der Waals surface area contributed by atoms with E-state index in [4.69, 9.17) is 26.2 Å². The standard InChI is InChI=1S/C10H12ClN2O2.C2H3O2.Y/c1-6(2)15-9-5-4-8(11)10(13-9)12-7(3)14;1-2(3)4;/h4-6H,3H2,1-2H3,(H,12,13,14);1H2,(H,3,4);/q2*-1;. The molecule has 0 aromatic carbocycles. The van der Waals surface area contributed by atoms with Gasteiger partial charge in [-0.25, -0.2) is 0 Å². The molecule has 0 bridgehead atoms. The van der Waals surface area contributed by atoms with Crippen molar-refractivity contribution in [1.29, 1.82) is 0 Å². The van der Waals surface area contributed by atoms with Crippen molar-refractivity contribution in [3.05, 3.63) is 31.0 Å². The molecule has 0 spiro atoms. The van der Waals surface area contributed by atoms with E-state index in [0.29, 0.717) is 10.9 Å². The molecule has 1 aromatic heterocycles. The van der Waals surface area contributed by atoms with E-state index in [1.165, 1.54) is 0 Å². The average molecular weight is 376 g/mol. The maximum absolute atomic E-state index is 10.7. The second kappa shape index (κ2) is 10.8. The maximum atomic E-state index is 10.7. The van der Waals surface area contributed by atoms with Crippen LogP contribution >= 0.6 is 11.6 Å². The predicted octanol–water partition coefficient (Wildman–Crippen LogP) is 2.20. The van der Waals surface area contributed by atoms with Gasteiger partial charge in [0.15, 0.2) is 11.8 Å². The van der Waals surface area contributed by atoms with Gasteiger partial charge >= 0.3 is 0 Å². The van der Waals surface area contributed by atoms with Crippen LogP contribution in [0.3, 0.4) is 0 Å². The zero-order valence-corrected chi connectivity index (χ0v) is 14.8. The van der Waals surface area contributed by atoms with Gasteiger partial charge in [0.2, 0.25) is 5.88 Å². The van der Waals surface area contributed by atoms with Crippen LogP contribution in [0.5, 0.6) is 5.88 Å². The molecule has 109 valence electrons. The van der Waals surface area contributed by atoms with Crippen molar-refractivity contribution < 1.29 is 52.1 Å². The van der Waals surface area contributed by atoms with Crippen LogP contribution < -0.4 is 10.1 Å². The zero-order chi connectivity index (χ0) is 15.0. The third-order valence-corrected chi connectivity index (χ3v) is 1.74. The summed E-state index contributed by atoms with van der Waals surface area (Å²) in [7, 11) is 0. The van der Waals surface area contributed by atoms with Crippen LogP contribution in [0.4, 0.5) is 5.82 Å². The molecular weight excluding hydrogens is 361 g/mol. The minimum absolute atomic E-state index is 0. The molecule has 0 aliphatic rings. The molecule has 1 radical (unpaired) electrons. The quantitative estimate of drug-likeness (QED) is 0.791. The number of rotatable bonds is 3. The largest absolute Gasteiger partial charge is 0.503 e. The third kappa shape index (κ3) is 10.9. The number of hydrogen-bond acceptors (Lipinski definition) is 4. The smallest absolute Gasteiger partial charge is 0.215 e. The van der Waals surface area contributed by atoms with Crippen molar-refractivity contribution in [3.63, 3.8) is 0 Å². The first kappa shape index (κ1) is 21.3. The number of amides is 1. The molecule has 1 aromatic rings. The van der Waals surface area contributed by atoms with E-state index in [1.807, 2.05) is 13.8 Å². The molecule has 2 N–H and O–H groups in total. The molecule has 0 saturated carbocycles. The number of nitrogens with one attached hydrogen (secondary N) is 1. The van der Waals surface area contributed by atoms with Gasteiger partial charge in [-0.2, -0.15) is 4.98 Å². The zero-order valence-electron chi connectivity index (χ0n) is 11.2. The van der Waals surface area contributed by atoms with Crippen LogP contribution in [0, 0.1) is 13.8 Å². The Morgan fingerprint density at radius 1 is 1.40 bits per heavy atom. The van der Waals surface area contributed by atoms with Gasteiger partial charge in [0.25, 0.3) is 0 Å². The molecule has 1 rings (SSSR count). The van der Waals surface area contributed by atoms with E-state index >= 15 is 0 Å². The first-order chi connectivity index (χ1) is 8.72. The van der Waals surface area contributed by atoms with Crippen LogP contribution in [0.1, 0.15) is 13.8 Å². The number of ether oxygens (including phenoxy) is 1. The Balaban J connectivity index is 0. The number of carbonyl (C=O) groups excluding carboxylic acids is 1. The molecule has 0 fully saturated rings. The fourth-order valence-electron chi connectivity index (χ4n) is 0.951. The Morgan fingerprint density at radius 2 is 1.90 bits per heavy atom. The van der Waals surface area contributed by atoms with Gasteiger partial charge < -0.3 is 26.9 Å². The molecule has 1 amide bonds. The number of pyridine rings is 1. The molecule has 0 unspecified atom stereocenters. The van der Waals surface area contributed by atoms with Gasteiger partial charge in [0, 0.05) is 38.8 Å². The number of anilines is 1. The maximum Gasteiger partial charge on any atom is 0.215 e.